The first-order valence-corrected chi connectivity index (χ1v) is 10.9. The average Bonchev–Trinajstić information content (AvgIpc) is 2.94. The summed E-state index contributed by atoms with van der Waals surface area (Å²) in [5, 5.41) is -0.269. The van der Waals surface area contributed by atoms with Gasteiger partial charge < -0.3 is 14.2 Å². The van der Waals surface area contributed by atoms with Crippen molar-refractivity contribution in [1.29, 1.82) is 0 Å². The van der Waals surface area contributed by atoms with Crippen molar-refractivity contribution in [2.24, 2.45) is 0 Å². The van der Waals surface area contributed by atoms with Gasteiger partial charge in [-0.3, -0.25) is 14.5 Å². The second-order valence-corrected chi connectivity index (χ2v) is 8.01. The molecule has 0 N–H and O–H groups in total. The molecule has 1 saturated heterocycles. The molecule has 2 amide bonds. The van der Waals surface area contributed by atoms with E-state index >= 15 is 0 Å². The lowest BCUT2D eigenvalue weighted by atomic mass is 10.1. The van der Waals surface area contributed by atoms with Gasteiger partial charge in [0.25, 0.3) is 11.1 Å². The van der Waals surface area contributed by atoms with E-state index in [-0.39, 0.29) is 30.4 Å². The van der Waals surface area contributed by atoms with Crippen molar-refractivity contribution >= 4 is 50.9 Å². The van der Waals surface area contributed by atoms with Gasteiger partial charge in [-0.05, 0) is 78.7 Å². The van der Waals surface area contributed by atoms with E-state index < -0.39 is 5.97 Å². The van der Waals surface area contributed by atoms with E-state index in [1.807, 2.05) is 20.8 Å². The highest BCUT2D eigenvalue weighted by Gasteiger charge is 2.37. The van der Waals surface area contributed by atoms with E-state index in [0.29, 0.717) is 39.5 Å². The maximum Gasteiger partial charge on any atom is 0.344 e. The number of carbonyl (C=O) groups is 3. The minimum absolute atomic E-state index is 0.155. The van der Waals surface area contributed by atoms with E-state index in [0.717, 1.165) is 11.8 Å². The molecule has 0 bridgehead atoms. The van der Waals surface area contributed by atoms with Gasteiger partial charge in [0.05, 0.1) is 22.6 Å². The molecular formula is C20H24BrNO6S. The zero-order valence-corrected chi connectivity index (χ0v) is 19.2. The second kappa shape index (κ2) is 10.7. The smallest absolute Gasteiger partial charge is 0.344 e. The Morgan fingerprint density at radius 3 is 2.55 bits per heavy atom. The second-order valence-electron chi connectivity index (χ2n) is 6.17. The van der Waals surface area contributed by atoms with Gasteiger partial charge >= 0.3 is 5.97 Å². The largest absolute Gasteiger partial charge is 0.490 e. The van der Waals surface area contributed by atoms with Crippen molar-refractivity contribution in [1.82, 2.24) is 4.90 Å². The summed E-state index contributed by atoms with van der Waals surface area (Å²) in [5.41, 5.74) is 0.665. The predicted octanol–water partition coefficient (Wildman–Crippen LogP) is 4.62. The minimum Gasteiger partial charge on any atom is -0.490 e. The molecule has 158 valence electrons. The Labute approximate surface area is 182 Å². The number of hydrogen-bond acceptors (Lipinski definition) is 7. The van der Waals surface area contributed by atoms with E-state index in [1.165, 1.54) is 4.90 Å². The molecule has 0 spiro atoms. The van der Waals surface area contributed by atoms with Gasteiger partial charge in [-0.15, -0.1) is 0 Å². The van der Waals surface area contributed by atoms with Gasteiger partial charge in [-0.2, -0.15) is 0 Å². The maximum atomic E-state index is 12.6. The lowest BCUT2D eigenvalue weighted by Gasteiger charge is -2.19. The van der Waals surface area contributed by atoms with Gasteiger partial charge in [-0.1, -0.05) is 6.92 Å². The zero-order valence-electron chi connectivity index (χ0n) is 16.8. The summed E-state index contributed by atoms with van der Waals surface area (Å²) in [6.45, 7) is 7.73. The number of esters is 1. The monoisotopic (exact) mass is 485 g/mol. The van der Waals surface area contributed by atoms with Crippen molar-refractivity contribution in [3.05, 3.63) is 27.1 Å². The Hall–Kier alpha value is -2.00. The maximum absolute atomic E-state index is 12.6. The van der Waals surface area contributed by atoms with Crippen LogP contribution in [-0.2, 0) is 14.3 Å². The number of nitrogens with zero attached hydrogens (tertiary/aromatic N) is 1. The highest BCUT2D eigenvalue weighted by molar-refractivity contribution is 9.10. The number of hydrogen-bond donors (Lipinski definition) is 0. The van der Waals surface area contributed by atoms with Crippen LogP contribution in [0.1, 0.15) is 39.7 Å². The normalized spacial score (nSPS) is 16.3. The molecule has 0 radical (unpaired) electrons. The molecular weight excluding hydrogens is 462 g/mol. The van der Waals surface area contributed by atoms with Crippen molar-refractivity contribution in [3.63, 3.8) is 0 Å². The summed E-state index contributed by atoms with van der Waals surface area (Å²) in [7, 11) is 0. The van der Waals surface area contributed by atoms with E-state index in [9.17, 15) is 14.4 Å². The van der Waals surface area contributed by atoms with Crippen LogP contribution in [0.15, 0.2) is 21.5 Å². The molecule has 7 nitrogen and oxygen atoms in total. The molecule has 0 unspecified atom stereocenters. The fourth-order valence-corrected chi connectivity index (χ4v) is 4.11. The quantitative estimate of drug-likeness (QED) is 0.372. The number of rotatable bonds is 9. The molecule has 1 aromatic carbocycles. The van der Waals surface area contributed by atoms with Crippen LogP contribution in [0.5, 0.6) is 11.5 Å². The molecule has 2 rings (SSSR count). The molecule has 9 heteroatoms. The molecule has 0 saturated carbocycles. The zero-order chi connectivity index (χ0) is 21.6. The van der Waals surface area contributed by atoms with Gasteiger partial charge in [0.1, 0.15) is 0 Å². The first kappa shape index (κ1) is 23.3. The van der Waals surface area contributed by atoms with Crippen molar-refractivity contribution < 1.29 is 28.6 Å². The third-order valence-corrected chi connectivity index (χ3v) is 5.60. The van der Waals surface area contributed by atoms with Crippen LogP contribution in [0.25, 0.3) is 6.08 Å². The predicted molar refractivity (Wildman–Crippen MR) is 115 cm³/mol. The van der Waals surface area contributed by atoms with Crippen molar-refractivity contribution in [3.8, 4) is 11.5 Å². The Kier molecular flexibility index (Phi) is 8.58. The number of amides is 2. The fourth-order valence-electron chi connectivity index (χ4n) is 2.60. The van der Waals surface area contributed by atoms with Crippen LogP contribution in [0.4, 0.5) is 4.79 Å². The molecule has 1 atom stereocenters. The number of thioether (sulfide) groups is 1. The molecule has 0 aliphatic carbocycles. The van der Waals surface area contributed by atoms with Crippen LogP contribution in [0.2, 0.25) is 0 Å². The number of benzene rings is 1. The van der Waals surface area contributed by atoms with E-state index in [4.69, 9.17) is 14.2 Å². The molecule has 1 aliphatic heterocycles. The number of carbonyl (C=O) groups excluding carboxylic acids is 3. The number of halogens is 1. The molecule has 1 aromatic rings. The summed E-state index contributed by atoms with van der Waals surface area (Å²) in [6.07, 6.45) is 2.34. The lowest BCUT2D eigenvalue weighted by Crippen LogP contribution is -2.36. The summed E-state index contributed by atoms with van der Waals surface area (Å²) < 4.78 is 16.6. The van der Waals surface area contributed by atoms with Gasteiger partial charge in [0, 0.05) is 6.04 Å². The molecule has 1 aliphatic rings. The van der Waals surface area contributed by atoms with Crippen LogP contribution >= 0.6 is 27.7 Å². The first-order chi connectivity index (χ1) is 13.8. The Bertz CT molecular complexity index is 825. The fraction of sp³-hybridized carbons (Fsp3) is 0.450. The average molecular weight is 486 g/mol. The van der Waals surface area contributed by atoms with Gasteiger partial charge in [0.2, 0.25) is 0 Å². The van der Waals surface area contributed by atoms with Crippen molar-refractivity contribution in [2.75, 3.05) is 19.8 Å². The Morgan fingerprint density at radius 1 is 1.21 bits per heavy atom. The standard InChI is InChI=1S/C20H24BrNO6S/c1-5-12(4)22-19(24)16(29-20(22)25)10-13-8-14(21)18(15(9-13)26-6-2)28-11-17(23)27-7-3/h8-10,12H,5-7,11H2,1-4H3/b16-10+/t12-/m0/s1. The topological polar surface area (TPSA) is 82.1 Å². The summed E-state index contributed by atoms with van der Waals surface area (Å²) in [6, 6.07) is 3.28. The Morgan fingerprint density at radius 2 is 1.93 bits per heavy atom. The third kappa shape index (κ3) is 5.76. The van der Waals surface area contributed by atoms with E-state index in [1.54, 1.807) is 25.1 Å². The minimum atomic E-state index is -0.482. The van der Waals surface area contributed by atoms with Crippen LogP contribution in [0.3, 0.4) is 0 Å². The summed E-state index contributed by atoms with van der Waals surface area (Å²) in [5.74, 6) is -0.000876. The highest BCUT2D eigenvalue weighted by Crippen LogP contribution is 2.39. The van der Waals surface area contributed by atoms with E-state index in [2.05, 4.69) is 15.9 Å². The summed E-state index contributed by atoms with van der Waals surface area (Å²) >= 11 is 4.34. The number of ether oxygens (including phenoxy) is 3. The highest BCUT2D eigenvalue weighted by atomic mass is 79.9. The molecule has 1 heterocycles. The number of imide groups is 1. The first-order valence-electron chi connectivity index (χ1n) is 9.34. The van der Waals surface area contributed by atoms with Crippen molar-refractivity contribution in [2.45, 2.75) is 40.2 Å². The Balaban J connectivity index is 2.30. The SMILES string of the molecule is CCOC(=O)COc1c(Br)cc(/C=C2/SC(=O)N([C@@H](C)CC)C2=O)cc1OCC. The molecule has 0 aromatic heterocycles. The molecule has 29 heavy (non-hydrogen) atoms. The van der Waals surface area contributed by atoms with Crippen LogP contribution in [-0.4, -0.2) is 47.9 Å². The summed E-state index contributed by atoms with van der Waals surface area (Å²) in [4.78, 5) is 38.0. The third-order valence-electron chi connectivity index (χ3n) is 4.12. The van der Waals surface area contributed by atoms with Gasteiger partial charge in [-0.25, -0.2) is 4.79 Å². The van der Waals surface area contributed by atoms with Gasteiger partial charge in [0.15, 0.2) is 18.1 Å². The van der Waals surface area contributed by atoms with Crippen LogP contribution in [0, 0.1) is 0 Å². The molecule has 1 fully saturated rings. The lowest BCUT2D eigenvalue weighted by molar-refractivity contribution is -0.145. The van der Waals surface area contributed by atoms with Crippen LogP contribution < -0.4 is 9.47 Å².